The molecule has 1 heterocycles. The number of nitrogens with one attached hydrogen (secondary N) is 1. The maximum atomic E-state index is 3.35. The molecule has 0 amide bonds. The topological polar surface area (TPSA) is 15.3 Å². The Hall–Kier alpha value is -0.900. The van der Waals surface area contributed by atoms with E-state index in [1.807, 2.05) is 18.4 Å². The number of likely N-dealkylation sites (N-methyl/N-ethyl adjacent to an activating group) is 2. The van der Waals surface area contributed by atoms with Crippen LogP contribution in [0.1, 0.15) is 19.4 Å². The molecule has 0 bridgehead atoms. The van der Waals surface area contributed by atoms with E-state index < -0.39 is 0 Å². The van der Waals surface area contributed by atoms with Crippen LogP contribution in [0.15, 0.2) is 29.6 Å². The van der Waals surface area contributed by atoms with E-state index in [1.165, 1.54) is 15.6 Å². The lowest BCUT2D eigenvalue weighted by Crippen LogP contribution is -2.46. The second-order valence-electron chi connectivity index (χ2n) is 5.56. The minimum absolute atomic E-state index is 0.153. The molecular weight excluding hydrogens is 240 g/mol. The van der Waals surface area contributed by atoms with Gasteiger partial charge in [-0.25, -0.2) is 0 Å². The zero-order valence-corrected chi connectivity index (χ0v) is 12.5. The van der Waals surface area contributed by atoms with Crippen LogP contribution in [-0.2, 0) is 6.54 Å². The summed E-state index contributed by atoms with van der Waals surface area (Å²) in [6, 6.07) is 8.64. The second kappa shape index (κ2) is 5.39. The Morgan fingerprint density at radius 2 is 2.00 bits per heavy atom. The summed E-state index contributed by atoms with van der Waals surface area (Å²) in [4.78, 5) is 2.38. The lowest BCUT2D eigenvalue weighted by atomic mass is 10.1. The van der Waals surface area contributed by atoms with Crippen LogP contribution in [0, 0.1) is 0 Å². The first-order chi connectivity index (χ1) is 8.52. The largest absolute Gasteiger partial charge is 0.314 e. The maximum absolute atomic E-state index is 3.35. The van der Waals surface area contributed by atoms with Crippen LogP contribution in [0.4, 0.5) is 0 Å². The second-order valence-corrected chi connectivity index (χ2v) is 6.47. The van der Waals surface area contributed by atoms with Crippen molar-refractivity contribution in [1.29, 1.82) is 0 Å². The molecule has 98 valence electrons. The van der Waals surface area contributed by atoms with Crippen LogP contribution in [0.2, 0.25) is 0 Å². The predicted octanol–water partition coefficient (Wildman–Crippen LogP) is 3.33. The van der Waals surface area contributed by atoms with Gasteiger partial charge in [-0.05, 0) is 50.3 Å². The van der Waals surface area contributed by atoms with Crippen molar-refractivity contribution in [3.05, 3.63) is 35.2 Å². The number of hydrogen-bond donors (Lipinski definition) is 1. The van der Waals surface area contributed by atoms with Crippen molar-refractivity contribution in [2.75, 3.05) is 20.6 Å². The summed E-state index contributed by atoms with van der Waals surface area (Å²) in [5, 5.41) is 7.03. The third-order valence-electron chi connectivity index (χ3n) is 3.34. The molecule has 0 aliphatic carbocycles. The van der Waals surface area contributed by atoms with E-state index in [-0.39, 0.29) is 5.54 Å². The molecule has 0 atom stereocenters. The Morgan fingerprint density at radius 1 is 1.28 bits per heavy atom. The average Bonchev–Trinajstić information content (AvgIpc) is 2.72. The molecule has 1 aromatic heterocycles. The fourth-order valence-corrected chi connectivity index (χ4v) is 3.21. The zero-order valence-electron chi connectivity index (χ0n) is 11.7. The monoisotopic (exact) mass is 262 g/mol. The van der Waals surface area contributed by atoms with Crippen LogP contribution in [0.25, 0.3) is 10.1 Å². The van der Waals surface area contributed by atoms with Crippen molar-refractivity contribution in [3.8, 4) is 0 Å². The molecule has 0 spiro atoms. The van der Waals surface area contributed by atoms with E-state index >= 15 is 0 Å². The van der Waals surface area contributed by atoms with E-state index in [0.29, 0.717) is 0 Å². The normalized spacial score (nSPS) is 12.5. The van der Waals surface area contributed by atoms with Crippen molar-refractivity contribution >= 4 is 21.4 Å². The Bertz CT molecular complexity index is 516. The van der Waals surface area contributed by atoms with Crippen molar-refractivity contribution in [3.63, 3.8) is 0 Å². The van der Waals surface area contributed by atoms with E-state index in [1.54, 1.807) is 0 Å². The van der Waals surface area contributed by atoms with Gasteiger partial charge in [0.15, 0.2) is 0 Å². The summed E-state index contributed by atoms with van der Waals surface area (Å²) >= 11 is 1.84. The minimum atomic E-state index is 0.153. The van der Waals surface area contributed by atoms with E-state index in [4.69, 9.17) is 0 Å². The third kappa shape index (κ3) is 3.10. The first-order valence-corrected chi connectivity index (χ1v) is 7.22. The molecule has 2 rings (SSSR count). The van der Waals surface area contributed by atoms with Gasteiger partial charge in [-0.1, -0.05) is 18.2 Å². The maximum Gasteiger partial charge on any atom is 0.0346 e. The van der Waals surface area contributed by atoms with Gasteiger partial charge in [0.25, 0.3) is 0 Å². The summed E-state index contributed by atoms with van der Waals surface area (Å²) in [6.45, 7) is 6.51. The molecule has 0 saturated heterocycles. The fourth-order valence-electron chi connectivity index (χ4n) is 2.26. The SMILES string of the molecule is CNC(C)(C)CN(C)Cc1csc2ccccc12. The number of hydrogen-bond acceptors (Lipinski definition) is 3. The van der Waals surface area contributed by atoms with Gasteiger partial charge in [0.05, 0.1) is 0 Å². The van der Waals surface area contributed by atoms with Crippen LogP contribution in [0.5, 0.6) is 0 Å². The molecule has 2 aromatic rings. The Balaban J connectivity index is 2.09. The van der Waals surface area contributed by atoms with E-state index in [9.17, 15) is 0 Å². The number of nitrogens with zero attached hydrogens (tertiary/aromatic N) is 1. The lowest BCUT2D eigenvalue weighted by molar-refractivity contribution is 0.239. The highest BCUT2D eigenvalue weighted by atomic mass is 32.1. The highest BCUT2D eigenvalue weighted by molar-refractivity contribution is 7.17. The highest BCUT2D eigenvalue weighted by Gasteiger charge is 2.17. The molecule has 3 heteroatoms. The van der Waals surface area contributed by atoms with E-state index in [0.717, 1.165) is 13.1 Å². The Kier molecular flexibility index (Phi) is 4.05. The summed E-state index contributed by atoms with van der Waals surface area (Å²) in [5.74, 6) is 0. The number of rotatable bonds is 5. The molecule has 0 aliphatic rings. The number of thiophene rings is 1. The first kappa shape index (κ1) is 13.5. The molecular formula is C15H22N2S. The molecule has 1 aromatic carbocycles. The standard InChI is InChI=1S/C15H22N2S/c1-15(2,16-3)11-17(4)9-12-10-18-14-8-6-5-7-13(12)14/h5-8,10,16H,9,11H2,1-4H3. The van der Waals surface area contributed by atoms with Gasteiger partial charge in [-0.15, -0.1) is 11.3 Å². The van der Waals surface area contributed by atoms with Crippen LogP contribution < -0.4 is 5.32 Å². The molecule has 0 aliphatic heterocycles. The van der Waals surface area contributed by atoms with Gasteiger partial charge in [-0.2, -0.15) is 0 Å². The quantitative estimate of drug-likeness (QED) is 0.889. The van der Waals surface area contributed by atoms with Gasteiger partial charge in [0, 0.05) is 23.3 Å². The summed E-state index contributed by atoms with van der Waals surface area (Å²) in [7, 11) is 4.21. The van der Waals surface area contributed by atoms with Crippen LogP contribution in [-0.4, -0.2) is 31.1 Å². The molecule has 0 unspecified atom stereocenters. The molecule has 0 radical (unpaired) electrons. The molecule has 18 heavy (non-hydrogen) atoms. The molecule has 0 fully saturated rings. The minimum Gasteiger partial charge on any atom is -0.314 e. The van der Waals surface area contributed by atoms with Gasteiger partial charge in [-0.3, -0.25) is 0 Å². The van der Waals surface area contributed by atoms with Crippen molar-refractivity contribution in [1.82, 2.24) is 10.2 Å². The fraction of sp³-hybridized carbons (Fsp3) is 0.467. The van der Waals surface area contributed by atoms with Gasteiger partial charge < -0.3 is 10.2 Å². The van der Waals surface area contributed by atoms with Gasteiger partial charge in [0.2, 0.25) is 0 Å². The number of fused-ring (bicyclic) bond motifs is 1. The third-order valence-corrected chi connectivity index (χ3v) is 4.36. The molecule has 1 N–H and O–H groups in total. The van der Waals surface area contributed by atoms with Crippen molar-refractivity contribution < 1.29 is 0 Å². The predicted molar refractivity (Wildman–Crippen MR) is 81.3 cm³/mol. The van der Waals surface area contributed by atoms with Crippen molar-refractivity contribution in [2.45, 2.75) is 25.9 Å². The molecule has 2 nitrogen and oxygen atoms in total. The summed E-state index contributed by atoms with van der Waals surface area (Å²) in [6.07, 6.45) is 0. The Labute approximate surface area is 114 Å². The smallest absolute Gasteiger partial charge is 0.0346 e. The lowest BCUT2D eigenvalue weighted by Gasteiger charge is -2.29. The van der Waals surface area contributed by atoms with Crippen LogP contribution in [0.3, 0.4) is 0 Å². The Morgan fingerprint density at radius 3 is 2.72 bits per heavy atom. The van der Waals surface area contributed by atoms with Gasteiger partial charge >= 0.3 is 0 Å². The average molecular weight is 262 g/mol. The summed E-state index contributed by atoms with van der Waals surface area (Å²) in [5.41, 5.74) is 1.59. The zero-order chi connectivity index (χ0) is 13.2. The van der Waals surface area contributed by atoms with E-state index in [2.05, 4.69) is 60.8 Å². The van der Waals surface area contributed by atoms with Crippen molar-refractivity contribution in [2.24, 2.45) is 0 Å². The van der Waals surface area contributed by atoms with Crippen LogP contribution >= 0.6 is 11.3 Å². The summed E-state index contributed by atoms with van der Waals surface area (Å²) < 4.78 is 1.38. The van der Waals surface area contributed by atoms with Gasteiger partial charge in [0.1, 0.15) is 0 Å². The number of benzene rings is 1. The highest BCUT2D eigenvalue weighted by Crippen LogP contribution is 2.26. The first-order valence-electron chi connectivity index (χ1n) is 6.34. The molecule has 0 saturated carbocycles.